The van der Waals surface area contributed by atoms with Gasteiger partial charge in [-0.2, -0.15) is 4.89 Å². The van der Waals surface area contributed by atoms with E-state index in [9.17, 15) is 4.79 Å². The van der Waals surface area contributed by atoms with Crippen molar-refractivity contribution in [2.75, 3.05) is 6.61 Å². The number of rotatable bonds is 10. The van der Waals surface area contributed by atoms with E-state index in [1.165, 1.54) is 12.8 Å². The summed E-state index contributed by atoms with van der Waals surface area (Å²) in [5.74, 6) is 0.369. The summed E-state index contributed by atoms with van der Waals surface area (Å²) in [5.41, 5.74) is 0.423. The molecular weight excluding hydrogens is 264 g/mol. The third-order valence-electron chi connectivity index (χ3n) is 3.37. The van der Waals surface area contributed by atoms with Crippen molar-refractivity contribution in [1.82, 2.24) is 0 Å². The number of hydrogen-bond donors (Lipinski definition) is 0. The van der Waals surface area contributed by atoms with Gasteiger partial charge < -0.3 is 0 Å². The van der Waals surface area contributed by atoms with Crippen LogP contribution in [0.2, 0.25) is 0 Å². The van der Waals surface area contributed by atoms with Gasteiger partial charge in [0.15, 0.2) is 0 Å². The van der Waals surface area contributed by atoms with Crippen LogP contribution in [0.5, 0.6) is 0 Å². The highest BCUT2D eigenvalue weighted by atomic mass is 17.2. The van der Waals surface area contributed by atoms with Crippen molar-refractivity contribution in [3.63, 3.8) is 0 Å². The largest absolute Gasteiger partial charge is 0.342 e. The first-order valence-corrected chi connectivity index (χ1v) is 8.34. The molecule has 0 aromatic carbocycles. The van der Waals surface area contributed by atoms with Crippen molar-refractivity contribution in [3.05, 3.63) is 0 Å². The van der Waals surface area contributed by atoms with E-state index in [1.807, 2.05) is 0 Å². The molecule has 21 heavy (non-hydrogen) atoms. The van der Waals surface area contributed by atoms with Gasteiger partial charge in [-0.05, 0) is 36.0 Å². The second-order valence-corrected chi connectivity index (χ2v) is 8.60. The van der Waals surface area contributed by atoms with Crippen LogP contribution in [0.1, 0.15) is 87.0 Å². The van der Waals surface area contributed by atoms with E-state index in [0.29, 0.717) is 24.4 Å². The van der Waals surface area contributed by atoms with Crippen molar-refractivity contribution < 1.29 is 14.6 Å². The molecule has 0 bridgehead atoms. The molecule has 0 rings (SSSR count). The first kappa shape index (κ1) is 20.4. The van der Waals surface area contributed by atoms with Crippen molar-refractivity contribution in [1.29, 1.82) is 0 Å². The number of hydrogen-bond acceptors (Lipinski definition) is 3. The molecule has 0 N–H and O–H groups in total. The highest BCUT2D eigenvalue weighted by Crippen LogP contribution is 2.25. The number of unbranched alkanes of at least 4 members (excludes halogenated alkanes) is 2. The molecule has 0 aromatic rings. The Morgan fingerprint density at radius 3 is 2.14 bits per heavy atom. The van der Waals surface area contributed by atoms with Gasteiger partial charge in [-0.15, -0.1) is 0 Å². The van der Waals surface area contributed by atoms with E-state index in [4.69, 9.17) is 9.78 Å². The predicted molar refractivity (Wildman–Crippen MR) is 87.8 cm³/mol. The molecular formula is C18H36O3. The smallest absolute Gasteiger partial charge is 0.298 e. The molecule has 0 radical (unpaired) electrons. The molecule has 0 aliphatic carbocycles. The van der Waals surface area contributed by atoms with E-state index in [-0.39, 0.29) is 11.4 Å². The van der Waals surface area contributed by atoms with Crippen molar-refractivity contribution in [3.8, 4) is 0 Å². The lowest BCUT2D eigenvalue weighted by molar-refractivity contribution is -0.284. The van der Waals surface area contributed by atoms with Crippen LogP contribution in [0.15, 0.2) is 0 Å². The first-order valence-electron chi connectivity index (χ1n) is 8.34. The minimum Gasteiger partial charge on any atom is -0.298 e. The van der Waals surface area contributed by atoms with Crippen LogP contribution in [0.4, 0.5) is 0 Å². The first-order chi connectivity index (χ1) is 9.52. The summed E-state index contributed by atoms with van der Waals surface area (Å²) < 4.78 is 0. The molecule has 0 aromatic heterocycles. The van der Waals surface area contributed by atoms with Crippen LogP contribution in [0.25, 0.3) is 0 Å². The maximum atomic E-state index is 11.6. The Morgan fingerprint density at radius 2 is 1.62 bits per heavy atom. The summed E-state index contributed by atoms with van der Waals surface area (Å²) >= 11 is 0. The summed E-state index contributed by atoms with van der Waals surface area (Å²) in [5, 5.41) is 0. The van der Waals surface area contributed by atoms with Gasteiger partial charge in [0.1, 0.15) is 0 Å². The van der Waals surface area contributed by atoms with Crippen LogP contribution >= 0.6 is 0 Å². The second-order valence-electron chi connectivity index (χ2n) is 8.60. The third-order valence-corrected chi connectivity index (χ3v) is 3.37. The maximum Gasteiger partial charge on any atom is 0.342 e. The fourth-order valence-corrected chi connectivity index (χ4v) is 2.56. The Balaban J connectivity index is 3.63. The molecule has 0 saturated heterocycles. The van der Waals surface area contributed by atoms with Crippen molar-refractivity contribution in [2.45, 2.75) is 87.0 Å². The minimum atomic E-state index is -0.244. The molecule has 0 spiro atoms. The van der Waals surface area contributed by atoms with Crippen molar-refractivity contribution in [2.24, 2.45) is 16.7 Å². The molecule has 0 saturated carbocycles. The predicted octanol–water partition coefficient (Wildman–Crippen LogP) is 5.53. The van der Waals surface area contributed by atoms with E-state index >= 15 is 0 Å². The van der Waals surface area contributed by atoms with Crippen LogP contribution < -0.4 is 0 Å². The van der Waals surface area contributed by atoms with E-state index in [1.54, 1.807) is 0 Å². The Kier molecular flexibility index (Phi) is 9.19. The average molecular weight is 300 g/mol. The quantitative estimate of drug-likeness (QED) is 0.302. The topological polar surface area (TPSA) is 35.5 Å². The fraction of sp³-hybridized carbons (Fsp3) is 0.944. The highest BCUT2D eigenvalue weighted by Gasteiger charge is 2.21. The Hall–Kier alpha value is -0.570. The summed E-state index contributed by atoms with van der Waals surface area (Å²) in [6, 6.07) is 0. The molecule has 0 aliphatic rings. The summed E-state index contributed by atoms with van der Waals surface area (Å²) in [7, 11) is 0. The second kappa shape index (κ2) is 9.45. The molecule has 0 amide bonds. The van der Waals surface area contributed by atoms with Gasteiger partial charge in [-0.25, -0.2) is 4.79 Å². The molecule has 0 aliphatic heterocycles. The highest BCUT2D eigenvalue weighted by molar-refractivity contribution is 5.68. The molecule has 0 heterocycles. The van der Waals surface area contributed by atoms with Gasteiger partial charge in [-0.3, -0.25) is 4.89 Å². The standard InChI is InChI=1S/C18H36O3/c1-15(2)13-18(6,7)14-20-21-16(19)11-9-8-10-12-17(3,4)5/h15H,8-14H2,1-7H3. The molecule has 0 atom stereocenters. The summed E-state index contributed by atoms with van der Waals surface area (Å²) in [6.45, 7) is 15.8. The van der Waals surface area contributed by atoms with E-state index < -0.39 is 0 Å². The van der Waals surface area contributed by atoms with Gasteiger partial charge in [0.25, 0.3) is 0 Å². The lowest BCUT2D eigenvalue weighted by Crippen LogP contribution is -2.22. The number of carbonyl (C=O) groups excluding carboxylic acids is 1. The SMILES string of the molecule is CC(C)CC(C)(C)COOC(=O)CCCCCC(C)(C)C. The maximum absolute atomic E-state index is 11.6. The third kappa shape index (κ3) is 14.1. The van der Waals surface area contributed by atoms with Gasteiger partial charge in [-0.1, -0.05) is 61.3 Å². The average Bonchev–Trinajstić information content (AvgIpc) is 2.24. The Labute approximate surface area is 131 Å². The Bertz CT molecular complexity index is 287. The lowest BCUT2D eigenvalue weighted by atomic mass is 9.85. The zero-order valence-corrected chi connectivity index (χ0v) is 15.3. The van der Waals surface area contributed by atoms with Gasteiger partial charge in [0.2, 0.25) is 0 Å². The zero-order valence-electron chi connectivity index (χ0n) is 15.3. The molecule has 126 valence electrons. The lowest BCUT2D eigenvalue weighted by Gasteiger charge is -2.25. The molecule has 0 unspecified atom stereocenters. The normalized spacial score (nSPS) is 12.8. The Morgan fingerprint density at radius 1 is 1.00 bits per heavy atom. The zero-order chi connectivity index (χ0) is 16.5. The van der Waals surface area contributed by atoms with Crippen LogP contribution in [-0.4, -0.2) is 12.6 Å². The molecule has 0 fully saturated rings. The van der Waals surface area contributed by atoms with E-state index in [0.717, 1.165) is 19.3 Å². The molecule has 3 nitrogen and oxygen atoms in total. The summed E-state index contributed by atoms with van der Waals surface area (Å²) in [6.07, 6.45) is 5.83. The van der Waals surface area contributed by atoms with Crippen LogP contribution in [0, 0.1) is 16.7 Å². The number of carbonyl (C=O) groups is 1. The van der Waals surface area contributed by atoms with Crippen LogP contribution in [-0.2, 0) is 14.6 Å². The van der Waals surface area contributed by atoms with Crippen molar-refractivity contribution >= 4 is 5.97 Å². The van der Waals surface area contributed by atoms with Crippen LogP contribution in [0.3, 0.4) is 0 Å². The summed E-state index contributed by atoms with van der Waals surface area (Å²) in [4.78, 5) is 21.6. The van der Waals surface area contributed by atoms with Gasteiger partial charge >= 0.3 is 5.97 Å². The van der Waals surface area contributed by atoms with Gasteiger partial charge in [0, 0.05) is 6.42 Å². The van der Waals surface area contributed by atoms with Gasteiger partial charge in [0.05, 0.1) is 6.61 Å². The van der Waals surface area contributed by atoms with E-state index in [2.05, 4.69) is 48.5 Å². The molecule has 3 heteroatoms. The minimum absolute atomic E-state index is 0.0428. The monoisotopic (exact) mass is 300 g/mol. The fourth-order valence-electron chi connectivity index (χ4n) is 2.56.